The Morgan fingerprint density at radius 2 is 2.27 bits per heavy atom. The van der Waals surface area contributed by atoms with Crippen LogP contribution in [-0.4, -0.2) is 30.4 Å². The molecule has 1 aliphatic rings. The van der Waals surface area contributed by atoms with Crippen LogP contribution in [0.15, 0.2) is 11.6 Å². The molecule has 0 spiro atoms. The minimum absolute atomic E-state index is 0.302. The van der Waals surface area contributed by atoms with Gasteiger partial charge in [0, 0.05) is 19.5 Å². The van der Waals surface area contributed by atoms with Crippen molar-refractivity contribution in [1.29, 1.82) is 0 Å². The van der Waals surface area contributed by atoms with E-state index >= 15 is 0 Å². The molecule has 0 aromatic heterocycles. The van der Waals surface area contributed by atoms with E-state index in [2.05, 4.69) is 13.0 Å². The smallest absolute Gasteiger partial charge is 0.222 e. The first-order valence-electron chi connectivity index (χ1n) is 5.87. The zero-order valence-corrected chi connectivity index (χ0v) is 9.67. The molecule has 0 aliphatic carbocycles. The summed E-state index contributed by atoms with van der Waals surface area (Å²) in [7, 11) is 0. The van der Waals surface area contributed by atoms with E-state index in [1.807, 2.05) is 4.90 Å². The Hall–Kier alpha value is -0.830. The number of hydrogen-bond donors (Lipinski definition) is 1. The molecule has 1 rings (SSSR count). The maximum atomic E-state index is 11.7. The van der Waals surface area contributed by atoms with E-state index in [9.17, 15) is 4.79 Å². The van der Waals surface area contributed by atoms with Gasteiger partial charge in [-0.05, 0) is 32.7 Å². The third kappa shape index (κ3) is 4.47. The van der Waals surface area contributed by atoms with Crippen LogP contribution in [0, 0.1) is 0 Å². The summed E-state index contributed by atoms with van der Waals surface area (Å²) in [4.78, 5) is 13.7. The highest BCUT2D eigenvalue weighted by atomic mass is 16.2. The average molecular weight is 210 g/mol. The third-order valence-corrected chi connectivity index (χ3v) is 2.88. The summed E-state index contributed by atoms with van der Waals surface area (Å²) in [6.07, 6.45) is 6.97. The van der Waals surface area contributed by atoms with Gasteiger partial charge in [0.1, 0.15) is 0 Å². The SMILES string of the molecule is CC1=CCN(C(=O)CCCCCN)CC1. The van der Waals surface area contributed by atoms with E-state index < -0.39 is 0 Å². The van der Waals surface area contributed by atoms with Crippen molar-refractivity contribution in [3.63, 3.8) is 0 Å². The molecule has 2 N–H and O–H groups in total. The molecule has 1 heterocycles. The van der Waals surface area contributed by atoms with Crippen molar-refractivity contribution in [3.05, 3.63) is 11.6 Å². The van der Waals surface area contributed by atoms with Crippen molar-refractivity contribution >= 4 is 5.91 Å². The summed E-state index contributed by atoms with van der Waals surface area (Å²) in [5.41, 5.74) is 6.81. The molecule has 0 atom stereocenters. The lowest BCUT2D eigenvalue weighted by Gasteiger charge is -2.25. The minimum Gasteiger partial charge on any atom is -0.339 e. The Balaban J connectivity index is 2.17. The molecular weight excluding hydrogens is 188 g/mol. The standard InChI is InChI=1S/C12H22N2O/c1-11-6-9-14(10-7-11)12(15)5-3-2-4-8-13/h6H,2-5,7-10,13H2,1H3. The summed E-state index contributed by atoms with van der Waals surface area (Å²) in [6, 6.07) is 0. The lowest BCUT2D eigenvalue weighted by Crippen LogP contribution is -2.34. The van der Waals surface area contributed by atoms with E-state index in [4.69, 9.17) is 5.73 Å². The van der Waals surface area contributed by atoms with E-state index in [1.54, 1.807) is 0 Å². The Labute approximate surface area is 92.3 Å². The topological polar surface area (TPSA) is 46.3 Å². The van der Waals surface area contributed by atoms with Crippen LogP contribution in [0.25, 0.3) is 0 Å². The number of carbonyl (C=O) groups is 1. The lowest BCUT2D eigenvalue weighted by atomic mass is 10.1. The molecular formula is C12H22N2O. The van der Waals surface area contributed by atoms with Crippen molar-refractivity contribution in [2.24, 2.45) is 5.73 Å². The first-order chi connectivity index (χ1) is 7.24. The monoisotopic (exact) mass is 210 g/mol. The zero-order valence-electron chi connectivity index (χ0n) is 9.67. The maximum absolute atomic E-state index is 11.7. The molecule has 0 fully saturated rings. The Morgan fingerprint density at radius 3 is 2.87 bits per heavy atom. The predicted octanol–water partition coefficient (Wildman–Crippen LogP) is 1.68. The predicted molar refractivity (Wildman–Crippen MR) is 62.5 cm³/mol. The van der Waals surface area contributed by atoms with Crippen LogP contribution in [0.5, 0.6) is 0 Å². The van der Waals surface area contributed by atoms with Gasteiger partial charge in [-0.15, -0.1) is 0 Å². The Bertz CT molecular complexity index is 236. The van der Waals surface area contributed by atoms with E-state index in [-0.39, 0.29) is 0 Å². The summed E-state index contributed by atoms with van der Waals surface area (Å²) >= 11 is 0. The molecule has 3 nitrogen and oxygen atoms in total. The van der Waals surface area contributed by atoms with Gasteiger partial charge < -0.3 is 10.6 Å². The van der Waals surface area contributed by atoms with Crippen molar-refractivity contribution in [2.75, 3.05) is 19.6 Å². The zero-order chi connectivity index (χ0) is 11.1. The number of unbranched alkanes of at least 4 members (excludes halogenated alkanes) is 2. The van der Waals surface area contributed by atoms with Gasteiger partial charge in [-0.25, -0.2) is 0 Å². The number of nitrogens with zero attached hydrogens (tertiary/aromatic N) is 1. The number of nitrogens with two attached hydrogens (primary N) is 1. The summed E-state index contributed by atoms with van der Waals surface area (Å²) in [5, 5.41) is 0. The fraction of sp³-hybridized carbons (Fsp3) is 0.750. The average Bonchev–Trinajstić information content (AvgIpc) is 2.25. The number of rotatable bonds is 5. The van der Waals surface area contributed by atoms with Crippen LogP contribution in [0.1, 0.15) is 39.0 Å². The quantitative estimate of drug-likeness (QED) is 0.554. The summed E-state index contributed by atoms with van der Waals surface area (Å²) in [5.74, 6) is 0.302. The fourth-order valence-electron chi connectivity index (χ4n) is 1.75. The third-order valence-electron chi connectivity index (χ3n) is 2.88. The Kier molecular flexibility index (Phi) is 5.40. The molecule has 0 unspecified atom stereocenters. The first-order valence-corrected chi connectivity index (χ1v) is 5.87. The van der Waals surface area contributed by atoms with Gasteiger partial charge in [0.15, 0.2) is 0 Å². The number of amides is 1. The molecule has 0 radical (unpaired) electrons. The molecule has 15 heavy (non-hydrogen) atoms. The molecule has 0 saturated heterocycles. The lowest BCUT2D eigenvalue weighted by molar-refractivity contribution is -0.131. The van der Waals surface area contributed by atoms with Crippen molar-refractivity contribution < 1.29 is 4.79 Å². The van der Waals surface area contributed by atoms with E-state index in [0.29, 0.717) is 12.3 Å². The largest absolute Gasteiger partial charge is 0.339 e. The highest BCUT2D eigenvalue weighted by Crippen LogP contribution is 2.11. The van der Waals surface area contributed by atoms with Crippen LogP contribution in [0.4, 0.5) is 0 Å². The van der Waals surface area contributed by atoms with Crippen molar-refractivity contribution in [3.8, 4) is 0 Å². The van der Waals surface area contributed by atoms with Crippen LogP contribution in [-0.2, 0) is 4.79 Å². The van der Waals surface area contributed by atoms with Gasteiger partial charge in [0.2, 0.25) is 5.91 Å². The second kappa shape index (κ2) is 6.62. The van der Waals surface area contributed by atoms with Crippen molar-refractivity contribution in [1.82, 2.24) is 4.90 Å². The van der Waals surface area contributed by atoms with Gasteiger partial charge in [0.25, 0.3) is 0 Å². The number of carbonyl (C=O) groups excluding carboxylic acids is 1. The second-order valence-electron chi connectivity index (χ2n) is 4.24. The molecule has 3 heteroatoms. The highest BCUT2D eigenvalue weighted by molar-refractivity contribution is 5.76. The summed E-state index contributed by atoms with van der Waals surface area (Å²) in [6.45, 7) is 4.57. The van der Waals surface area contributed by atoms with Crippen LogP contribution < -0.4 is 5.73 Å². The molecule has 0 aromatic rings. The van der Waals surface area contributed by atoms with Gasteiger partial charge in [0.05, 0.1) is 0 Å². The maximum Gasteiger partial charge on any atom is 0.222 e. The van der Waals surface area contributed by atoms with E-state index in [0.717, 1.165) is 45.3 Å². The first kappa shape index (κ1) is 12.2. The minimum atomic E-state index is 0.302. The number of hydrogen-bond acceptors (Lipinski definition) is 2. The molecule has 86 valence electrons. The molecule has 0 aromatic carbocycles. The normalized spacial score (nSPS) is 16.4. The fourth-order valence-corrected chi connectivity index (χ4v) is 1.75. The van der Waals surface area contributed by atoms with Crippen molar-refractivity contribution in [2.45, 2.75) is 39.0 Å². The molecule has 0 saturated carbocycles. The molecule has 0 bridgehead atoms. The van der Waals surface area contributed by atoms with Gasteiger partial charge in [-0.3, -0.25) is 4.79 Å². The van der Waals surface area contributed by atoms with Gasteiger partial charge in [-0.1, -0.05) is 18.1 Å². The highest BCUT2D eigenvalue weighted by Gasteiger charge is 2.14. The Morgan fingerprint density at radius 1 is 1.47 bits per heavy atom. The van der Waals surface area contributed by atoms with Crippen LogP contribution in [0.2, 0.25) is 0 Å². The summed E-state index contributed by atoms with van der Waals surface area (Å²) < 4.78 is 0. The van der Waals surface area contributed by atoms with Gasteiger partial charge >= 0.3 is 0 Å². The molecule has 1 aliphatic heterocycles. The second-order valence-corrected chi connectivity index (χ2v) is 4.24. The van der Waals surface area contributed by atoms with E-state index in [1.165, 1.54) is 5.57 Å². The van der Waals surface area contributed by atoms with Gasteiger partial charge in [-0.2, -0.15) is 0 Å². The van der Waals surface area contributed by atoms with Crippen LogP contribution >= 0.6 is 0 Å². The molecule has 1 amide bonds. The van der Waals surface area contributed by atoms with Crippen LogP contribution in [0.3, 0.4) is 0 Å².